The zero-order chi connectivity index (χ0) is 21.5. The number of aryl methyl sites for hydroxylation is 1. The predicted octanol–water partition coefficient (Wildman–Crippen LogP) is 6.61. The smallest absolute Gasteiger partial charge is 0.196 e. The molecule has 5 aromatic rings. The topological polar surface area (TPSA) is 57.5 Å². The van der Waals surface area contributed by atoms with E-state index in [1.165, 1.54) is 0 Å². The van der Waals surface area contributed by atoms with Gasteiger partial charge in [-0.1, -0.05) is 84.4 Å². The van der Waals surface area contributed by atoms with Gasteiger partial charge in [0.1, 0.15) is 11.5 Å². The van der Waals surface area contributed by atoms with Crippen molar-refractivity contribution in [2.45, 2.75) is 6.92 Å². The lowest BCUT2D eigenvalue weighted by molar-refractivity contribution is 0.103. The van der Waals surface area contributed by atoms with Crippen molar-refractivity contribution in [2.75, 3.05) is 0 Å². The molecule has 5 aromatic carbocycles. The summed E-state index contributed by atoms with van der Waals surface area (Å²) in [5.74, 6) is -0.334. The molecule has 0 radical (unpaired) electrons. The Kier molecular flexibility index (Phi) is 4.45. The molecule has 150 valence electrons. The number of ketones is 1. The second-order valence-electron chi connectivity index (χ2n) is 7.74. The van der Waals surface area contributed by atoms with Gasteiger partial charge >= 0.3 is 0 Å². The van der Waals surface area contributed by atoms with Crippen molar-refractivity contribution in [3.8, 4) is 22.6 Å². The molecule has 0 heterocycles. The van der Waals surface area contributed by atoms with Gasteiger partial charge in [0, 0.05) is 16.7 Å². The van der Waals surface area contributed by atoms with E-state index in [0.717, 1.165) is 27.1 Å². The highest BCUT2D eigenvalue weighted by atomic mass is 16.3. The van der Waals surface area contributed by atoms with Gasteiger partial charge in [-0.15, -0.1) is 0 Å². The van der Waals surface area contributed by atoms with E-state index >= 15 is 0 Å². The predicted molar refractivity (Wildman–Crippen MR) is 125 cm³/mol. The van der Waals surface area contributed by atoms with E-state index in [4.69, 9.17) is 0 Å². The zero-order valence-corrected chi connectivity index (χ0v) is 17.0. The Morgan fingerprint density at radius 2 is 1.29 bits per heavy atom. The highest BCUT2D eigenvalue weighted by Crippen LogP contribution is 2.46. The number of carbonyl (C=O) groups excluding carboxylic acids is 1. The van der Waals surface area contributed by atoms with Gasteiger partial charge in [0.05, 0.1) is 5.56 Å². The lowest BCUT2D eigenvalue weighted by Crippen LogP contribution is -2.03. The van der Waals surface area contributed by atoms with Gasteiger partial charge < -0.3 is 10.2 Å². The summed E-state index contributed by atoms with van der Waals surface area (Å²) in [6, 6.07) is 27.7. The average molecular weight is 404 g/mol. The fraction of sp³-hybridized carbons (Fsp3) is 0.0357. The Morgan fingerprint density at radius 1 is 0.677 bits per heavy atom. The molecule has 0 spiro atoms. The normalized spacial score (nSPS) is 11.1. The Bertz CT molecular complexity index is 1460. The first-order valence-corrected chi connectivity index (χ1v) is 10.1. The van der Waals surface area contributed by atoms with E-state index in [2.05, 4.69) is 0 Å². The van der Waals surface area contributed by atoms with Crippen LogP contribution in [-0.4, -0.2) is 16.0 Å². The molecule has 5 rings (SSSR count). The van der Waals surface area contributed by atoms with E-state index in [1.807, 2.05) is 73.7 Å². The number of aromatic hydroxyl groups is 2. The Balaban J connectivity index is 1.86. The van der Waals surface area contributed by atoms with Gasteiger partial charge in [0.25, 0.3) is 0 Å². The molecule has 0 bridgehead atoms. The largest absolute Gasteiger partial charge is 0.507 e. The van der Waals surface area contributed by atoms with Crippen LogP contribution in [-0.2, 0) is 0 Å². The molecule has 0 saturated carbocycles. The molecule has 2 N–H and O–H groups in total. The second-order valence-corrected chi connectivity index (χ2v) is 7.74. The summed E-state index contributed by atoms with van der Waals surface area (Å²) in [5, 5.41) is 25.5. The van der Waals surface area contributed by atoms with Gasteiger partial charge in [0.2, 0.25) is 0 Å². The van der Waals surface area contributed by atoms with Crippen LogP contribution < -0.4 is 0 Å². The molecule has 0 atom stereocenters. The zero-order valence-electron chi connectivity index (χ0n) is 17.0. The van der Waals surface area contributed by atoms with Crippen molar-refractivity contribution < 1.29 is 15.0 Å². The van der Waals surface area contributed by atoms with Crippen LogP contribution in [0.5, 0.6) is 11.5 Å². The minimum atomic E-state index is -0.260. The van der Waals surface area contributed by atoms with Crippen LogP contribution in [0, 0.1) is 6.92 Å². The third kappa shape index (κ3) is 3.11. The molecular formula is C28H20O3. The summed E-state index contributed by atoms with van der Waals surface area (Å²) >= 11 is 0. The van der Waals surface area contributed by atoms with Crippen molar-refractivity contribution in [3.63, 3.8) is 0 Å². The van der Waals surface area contributed by atoms with Gasteiger partial charge in [-0.25, -0.2) is 0 Å². The molecule has 0 aromatic heterocycles. The average Bonchev–Trinajstić information content (AvgIpc) is 2.79. The molecular weight excluding hydrogens is 384 g/mol. The molecule has 0 aliphatic rings. The van der Waals surface area contributed by atoms with Crippen LogP contribution >= 0.6 is 0 Å². The number of benzene rings is 5. The van der Waals surface area contributed by atoms with Crippen molar-refractivity contribution in [3.05, 3.63) is 108 Å². The lowest BCUT2D eigenvalue weighted by Gasteiger charge is -2.17. The highest BCUT2D eigenvalue weighted by molar-refractivity contribution is 6.18. The lowest BCUT2D eigenvalue weighted by atomic mass is 9.88. The molecule has 0 aliphatic heterocycles. The van der Waals surface area contributed by atoms with Crippen molar-refractivity contribution in [2.24, 2.45) is 0 Å². The van der Waals surface area contributed by atoms with Gasteiger partial charge in [-0.2, -0.15) is 0 Å². The molecule has 0 aliphatic carbocycles. The first-order valence-electron chi connectivity index (χ1n) is 10.1. The number of phenols is 2. The SMILES string of the molecule is Cc1ccc(C(=O)c2cc3ccccc3c(-c3c(O)ccc4ccccc34)c2O)cc1. The number of hydrogen-bond donors (Lipinski definition) is 2. The number of fused-ring (bicyclic) bond motifs is 2. The van der Waals surface area contributed by atoms with Crippen LogP contribution in [0.4, 0.5) is 0 Å². The van der Waals surface area contributed by atoms with Crippen LogP contribution in [0.15, 0.2) is 91.0 Å². The van der Waals surface area contributed by atoms with Crippen LogP contribution in [0.25, 0.3) is 32.7 Å². The van der Waals surface area contributed by atoms with E-state index in [0.29, 0.717) is 16.7 Å². The van der Waals surface area contributed by atoms with E-state index in [1.54, 1.807) is 24.3 Å². The van der Waals surface area contributed by atoms with Gasteiger partial charge in [-0.05, 0) is 40.6 Å². The standard InChI is InChI=1S/C28H20O3/c1-17-10-12-19(13-11-17)27(30)23-16-20-7-3-5-9-22(20)26(28(23)31)25-21-8-4-2-6-18(21)14-15-24(25)29/h2-16,29,31H,1H3. The molecule has 0 fully saturated rings. The number of hydrogen-bond acceptors (Lipinski definition) is 3. The highest BCUT2D eigenvalue weighted by Gasteiger charge is 2.23. The third-order valence-corrected chi connectivity index (χ3v) is 5.74. The maximum Gasteiger partial charge on any atom is 0.196 e. The third-order valence-electron chi connectivity index (χ3n) is 5.74. The van der Waals surface area contributed by atoms with Crippen molar-refractivity contribution in [1.82, 2.24) is 0 Å². The maximum atomic E-state index is 13.3. The fourth-order valence-corrected chi connectivity index (χ4v) is 4.15. The Hall–Kier alpha value is -4.11. The number of phenolic OH excluding ortho intramolecular Hbond substituents is 2. The van der Waals surface area contributed by atoms with Gasteiger partial charge in [0.15, 0.2) is 5.78 Å². The van der Waals surface area contributed by atoms with Crippen molar-refractivity contribution in [1.29, 1.82) is 0 Å². The minimum absolute atomic E-state index is 0.0547. The molecule has 3 heteroatoms. The number of rotatable bonds is 3. The quantitative estimate of drug-likeness (QED) is 0.333. The van der Waals surface area contributed by atoms with Crippen LogP contribution in [0.1, 0.15) is 21.5 Å². The summed E-state index contributed by atoms with van der Waals surface area (Å²) in [7, 11) is 0. The summed E-state index contributed by atoms with van der Waals surface area (Å²) in [4.78, 5) is 13.3. The molecule has 31 heavy (non-hydrogen) atoms. The van der Waals surface area contributed by atoms with Crippen LogP contribution in [0.2, 0.25) is 0 Å². The summed E-state index contributed by atoms with van der Waals surface area (Å²) in [5.41, 5.74) is 2.75. The first kappa shape index (κ1) is 18.9. The first-order chi connectivity index (χ1) is 15.0. The maximum absolute atomic E-state index is 13.3. The van der Waals surface area contributed by atoms with Crippen molar-refractivity contribution >= 4 is 27.3 Å². The Morgan fingerprint density at radius 3 is 2.00 bits per heavy atom. The summed E-state index contributed by atoms with van der Waals surface area (Å²) in [6.45, 7) is 1.96. The molecule has 0 amide bonds. The van der Waals surface area contributed by atoms with E-state index < -0.39 is 0 Å². The van der Waals surface area contributed by atoms with E-state index in [-0.39, 0.29) is 22.8 Å². The minimum Gasteiger partial charge on any atom is -0.507 e. The summed E-state index contributed by atoms with van der Waals surface area (Å²) in [6.07, 6.45) is 0. The molecule has 0 unspecified atom stereocenters. The van der Waals surface area contributed by atoms with Gasteiger partial charge in [-0.3, -0.25) is 4.79 Å². The molecule has 3 nitrogen and oxygen atoms in total. The fourth-order valence-electron chi connectivity index (χ4n) is 4.15. The molecule has 0 saturated heterocycles. The second kappa shape index (κ2) is 7.29. The van der Waals surface area contributed by atoms with E-state index in [9.17, 15) is 15.0 Å². The van der Waals surface area contributed by atoms with Crippen LogP contribution in [0.3, 0.4) is 0 Å². The summed E-state index contributed by atoms with van der Waals surface area (Å²) < 4.78 is 0. The number of carbonyl (C=O) groups is 1. The monoisotopic (exact) mass is 404 g/mol. The Labute approximate surface area is 179 Å².